The molecule has 1 unspecified atom stereocenters. The van der Waals surface area contributed by atoms with Crippen LogP contribution in [0.25, 0.3) is 0 Å². The van der Waals surface area contributed by atoms with Crippen molar-refractivity contribution in [1.29, 1.82) is 0 Å². The molecule has 86 valence electrons. The topological polar surface area (TPSA) is 43.1 Å². The molecular formula is C14H19NO. The molecule has 1 atom stereocenters. The average Bonchev–Trinajstić information content (AvgIpc) is 3.12. The van der Waals surface area contributed by atoms with E-state index in [2.05, 4.69) is 6.07 Å². The molecule has 1 aliphatic rings. The number of benzene rings is 1. The molecule has 0 radical (unpaired) electrons. The summed E-state index contributed by atoms with van der Waals surface area (Å²) in [5.41, 5.74) is 7.72. The van der Waals surface area contributed by atoms with Crippen molar-refractivity contribution >= 4 is 5.78 Å². The maximum Gasteiger partial charge on any atom is 0.163 e. The van der Waals surface area contributed by atoms with Crippen LogP contribution >= 0.6 is 0 Å². The molecule has 0 spiro atoms. The van der Waals surface area contributed by atoms with Crippen LogP contribution in [0.15, 0.2) is 24.3 Å². The highest BCUT2D eigenvalue weighted by Gasteiger charge is 2.27. The smallest absolute Gasteiger partial charge is 0.163 e. The van der Waals surface area contributed by atoms with Crippen molar-refractivity contribution in [2.45, 2.75) is 32.1 Å². The van der Waals surface area contributed by atoms with Crippen LogP contribution in [-0.2, 0) is 0 Å². The van der Waals surface area contributed by atoms with Gasteiger partial charge >= 0.3 is 0 Å². The van der Waals surface area contributed by atoms with Gasteiger partial charge in [0.25, 0.3) is 0 Å². The zero-order chi connectivity index (χ0) is 11.5. The summed E-state index contributed by atoms with van der Waals surface area (Å²) in [5, 5.41) is 0. The minimum Gasteiger partial charge on any atom is -0.330 e. The Morgan fingerprint density at radius 1 is 1.44 bits per heavy atom. The zero-order valence-electron chi connectivity index (χ0n) is 9.78. The van der Waals surface area contributed by atoms with Crippen LogP contribution in [0.2, 0.25) is 0 Å². The molecule has 2 rings (SSSR count). The van der Waals surface area contributed by atoms with Crippen LogP contribution in [0.5, 0.6) is 0 Å². The maximum absolute atomic E-state index is 12.1. The average molecular weight is 217 g/mol. The first-order valence-corrected chi connectivity index (χ1v) is 6.04. The lowest BCUT2D eigenvalue weighted by Crippen LogP contribution is -2.16. The van der Waals surface area contributed by atoms with Gasteiger partial charge in [-0.15, -0.1) is 0 Å². The third-order valence-electron chi connectivity index (χ3n) is 3.21. The summed E-state index contributed by atoms with van der Waals surface area (Å²) in [4.78, 5) is 12.1. The number of carbonyl (C=O) groups excluding carboxylic acids is 1. The predicted octanol–water partition coefficient (Wildman–Crippen LogP) is 2.73. The molecule has 1 aromatic rings. The van der Waals surface area contributed by atoms with E-state index >= 15 is 0 Å². The van der Waals surface area contributed by atoms with E-state index in [-0.39, 0.29) is 11.7 Å². The second kappa shape index (κ2) is 4.79. The summed E-state index contributed by atoms with van der Waals surface area (Å²) in [6.07, 6.45) is 3.04. The van der Waals surface area contributed by atoms with Crippen LogP contribution in [0.4, 0.5) is 0 Å². The van der Waals surface area contributed by atoms with Gasteiger partial charge in [0.2, 0.25) is 0 Å². The molecule has 1 saturated carbocycles. The van der Waals surface area contributed by atoms with Crippen LogP contribution in [-0.4, -0.2) is 12.3 Å². The molecule has 2 nitrogen and oxygen atoms in total. The van der Waals surface area contributed by atoms with Gasteiger partial charge in [0.15, 0.2) is 5.78 Å². The molecule has 1 aliphatic carbocycles. The molecule has 0 aliphatic heterocycles. The number of Topliss-reactive ketones (excluding diaryl/α,β-unsaturated/α-hetero) is 1. The highest BCUT2D eigenvalue weighted by molar-refractivity contribution is 5.97. The third-order valence-corrected chi connectivity index (χ3v) is 3.21. The third kappa shape index (κ3) is 2.50. The molecule has 0 heterocycles. The van der Waals surface area contributed by atoms with Gasteiger partial charge in [-0.05, 0) is 36.8 Å². The van der Waals surface area contributed by atoms with E-state index in [9.17, 15) is 4.79 Å². The lowest BCUT2D eigenvalue weighted by atomic mass is 9.94. The minimum absolute atomic E-state index is 0.250. The number of hydrogen-bond donors (Lipinski definition) is 1. The van der Waals surface area contributed by atoms with Crippen molar-refractivity contribution in [3.05, 3.63) is 35.4 Å². The van der Waals surface area contributed by atoms with Gasteiger partial charge in [0.05, 0.1) is 0 Å². The van der Waals surface area contributed by atoms with Crippen molar-refractivity contribution in [3.8, 4) is 0 Å². The van der Waals surface area contributed by atoms with E-state index in [1.54, 1.807) is 0 Å². The summed E-state index contributed by atoms with van der Waals surface area (Å²) in [5.74, 6) is 1.16. The Balaban J connectivity index is 2.15. The zero-order valence-corrected chi connectivity index (χ0v) is 9.78. The van der Waals surface area contributed by atoms with Gasteiger partial charge in [-0.2, -0.15) is 0 Å². The summed E-state index contributed by atoms with van der Waals surface area (Å²) >= 11 is 0. The van der Waals surface area contributed by atoms with Crippen molar-refractivity contribution in [1.82, 2.24) is 0 Å². The molecule has 0 saturated heterocycles. The molecule has 0 amide bonds. The standard InChI is InChI=1S/C14H19NO/c1-10(9-15)8-14(16)13-5-3-2-4-12(13)11-6-7-11/h2-5,10-11H,6-9,15H2,1H3. The van der Waals surface area contributed by atoms with Gasteiger partial charge < -0.3 is 5.73 Å². The molecule has 2 N–H and O–H groups in total. The predicted molar refractivity (Wildman–Crippen MR) is 65.6 cm³/mol. The Bertz CT molecular complexity index is 382. The Kier molecular flexibility index (Phi) is 3.39. The van der Waals surface area contributed by atoms with Crippen LogP contribution in [0.1, 0.15) is 48.0 Å². The van der Waals surface area contributed by atoms with Crippen molar-refractivity contribution in [2.75, 3.05) is 6.54 Å². The summed E-state index contributed by atoms with van der Waals surface area (Å²) in [7, 11) is 0. The van der Waals surface area contributed by atoms with Gasteiger partial charge in [-0.1, -0.05) is 31.2 Å². The van der Waals surface area contributed by atoms with Crippen molar-refractivity contribution in [2.24, 2.45) is 11.7 Å². The van der Waals surface area contributed by atoms with Crippen LogP contribution in [0, 0.1) is 5.92 Å². The number of rotatable bonds is 5. The molecule has 0 aromatic heterocycles. The second-order valence-corrected chi connectivity index (χ2v) is 4.83. The Morgan fingerprint density at radius 3 is 2.75 bits per heavy atom. The van der Waals surface area contributed by atoms with Gasteiger partial charge in [-0.3, -0.25) is 4.79 Å². The first-order valence-electron chi connectivity index (χ1n) is 6.04. The quantitative estimate of drug-likeness (QED) is 0.771. The Morgan fingerprint density at radius 2 is 2.12 bits per heavy atom. The van der Waals surface area contributed by atoms with E-state index in [1.165, 1.54) is 18.4 Å². The number of hydrogen-bond acceptors (Lipinski definition) is 2. The fraction of sp³-hybridized carbons (Fsp3) is 0.500. The van der Waals surface area contributed by atoms with Crippen LogP contribution < -0.4 is 5.73 Å². The highest BCUT2D eigenvalue weighted by atomic mass is 16.1. The largest absolute Gasteiger partial charge is 0.330 e. The minimum atomic E-state index is 0.250. The summed E-state index contributed by atoms with van der Waals surface area (Å²) < 4.78 is 0. The number of ketones is 1. The van der Waals surface area contributed by atoms with E-state index in [0.717, 1.165) is 5.56 Å². The molecular weight excluding hydrogens is 198 g/mol. The lowest BCUT2D eigenvalue weighted by molar-refractivity contribution is 0.0965. The van der Waals surface area contributed by atoms with Crippen LogP contribution in [0.3, 0.4) is 0 Å². The molecule has 0 bridgehead atoms. The lowest BCUT2D eigenvalue weighted by Gasteiger charge is -2.10. The van der Waals surface area contributed by atoms with E-state index < -0.39 is 0 Å². The van der Waals surface area contributed by atoms with E-state index in [4.69, 9.17) is 5.73 Å². The molecule has 16 heavy (non-hydrogen) atoms. The highest BCUT2D eigenvalue weighted by Crippen LogP contribution is 2.41. The van der Waals surface area contributed by atoms with Crippen molar-refractivity contribution < 1.29 is 4.79 Å². The first-order chi connectivity index (χ1) is 7.72. The summed E-state index contributed by atoms with van der Waals surface area (Å²) in [6, 6.07) is 8.03. The second-order valence-electron chi connectivity index (χ2n) is 4.83. The fourth-order valence-corrected chi connectivity index (χ4v) is 2.01. The van der Waals surface area contributed by atoms with Gasteiger partial charge in [-0.25, -0.2) is 0 Å². The SMILES string of the molecule is CC(CN)CC(=O)c1ccccc1C1CC1. The van der Waals surface area contributed by atoms with Crippen molar-refractivity contribution in [3.63, 3.8) is 0 Å². The Hall–Kier alpha value is -1.15. The van der Waals surface area contributed by atoms with E-state index in [1.807, 2.05) is 25.1 Å². The Labute approximate surface area is 96.8 Å². The molecule has 1 aromatic carbocycles. The molecule has 2 heteroatoms. The monoisotopic (exact) mass is 217 g/mol. The number of carbonyl (C=O) groups is 1. The number of nitrogens with two attached hydrogens (primary N) is 1. The maximum atomic E-state index is 12.1. The van der Waals surface area contributed by atoms with Gasteiger partial charge in [0, 0.05) is 12.0 Å². The fourth-order valence-electron chi connectivity index (χ4n) is 2.01. The van der Waals surface area contributed by atoms with Gasteiger partial charge in [0.1, 0.15) is 0 Å². The molecule has 1 fully saturated rings. The summed E-state index contributed by atoms with van der Waals surface area (Å²) in [6.45, 7) is 2.61. The first kappa shape index (κ1) is 11.3. The van der Waals surface area contributed by atoms with E-state index in [0.29, 0.717) is 18.9 Å². The normalized spacial score (nSPS) is 17.1.